The van der Waals surface area contributed by atoms with Crippen molar-refractivity contribution in [2.45, 2.75) is 94.5 Å². The van der Waals surface area contributed by atoms with E-state index in [9.17, 15) is 15.0 Å². The normalized spacial score (nSPS) is 55.4. The quantitative estimate of drug-likeness (QED) is 0.706. The summed E-state index contributed by atoms with van der Waals surface area (Å²) in [5.74, 6) is 1.26. The number of epoxide rings is 1. The summed E-state index contributed by atoms with van der Waals surface area (Å²) in [6.45, 7) is 4.67. The first-order valence-electron chi connectivity index (χ1n) is 11.4. The Labute approximate surface area is 171 Å². The van der Waals surface area contributed by atoms with Gasteiger partial charge in [-0.1, -0.05) is 13.8 Å². The van der Waals surface area contributed by atoms with E-state index < -0.39 is 5.60 Å². The van der Waals surface area contributed by atoms with Gasteiger partial charge < -0.3 is 19.4 Å². The van der Waals surface area contributed by atoms with Gasteiger partial charge >= 0.3 is 5.63 Å². The van der Waals surface area contributed by atoms with Gasteiger partial charge in [-0.05, 0) is 79.7 Å². The van der Waals surface area contributed by atoms with Crippen molar-refractivity contribution in [3.63, 3.8) is 0 Å². The average Bonchev–Trinajstić information content (AvgIpc) is 3.34. The molecule has 1 aliphatic heterocycles. The fraction of sp³-hybridized carbons (Fsp3) is 0.792. The molecule has 1 unspecified atom stereocenters. The zero-order chi connectivity index (χ0) is 20.2. The maximum Gasteiger partial charge on any atom is 0.335 e. The van der Waals surface area contributed by atoms with Gasteiger partial charge in [-0.3, -0.25) is 0 Å². The summed E-state index contributed by atoms with van der Waals surface area (Å²) in [7, 11) is 0. The SMILES string of the molecule is C[C@@]12CCC3[C@H](CC[C@]4(O)C[C@@H](O)CC[C@]34C)[C@@]13O[C@@H]3C[C@@H]2c1ccc(=O)oc1. The molecule has 158 valence electrons. The highest BCUT2D eigenvalue weighted by Gasteiger charge is 2.81. The van der Waals surface area contributed by atoms with Crippen molar-refractivity contribution < 1.29 is 19.4 Å². The lowest BCUT2D eigenvalue weighted by atomic mass is 9.42. The van der Waals surface area contributed by atoms with E-state index in [0.29, 0.717) is 24.2 Å². The van der Waals surface area contributed by atoms with Gasteiger partial charge in [-0.2, -0.15) is 0 Å². The monoisotopic (exact) mass is 400 g/mol. The Hall–Kier alpha value is -1.17. The van der Waals surface area contributed by atoms with Crippen molar-refractivity contribution in [3.8, 4) is 0 Å². The van der Waals surface area contributed by atoms with Gasteiger partial charge in [-0.25, -0.2) is 4.79 Å². The first-order valence-corrected chi connectivity index (χ1v) is 11.4. The molecule has 4 aliphatic carbocycles. The lowest BCUT2D eigenvalue weighted by Gasteiger charge is -2.64. The maximum atomic E-state index is 11.6. The van der Waals surface area contributed by atoms with Gasteiger partial charge in [0.2, 0.25) is 0 Å². The number of hydrogen-bond donors (Lipinski definition) is 2. The molecule has 6 rings (SSSR count). The van der Waals surface area contributed by atoms with Crippen LogP contribution in [0.2, 0.25) is 0 Å². The molecule has 1 aromatic heterocycles. The Kier molecular flexibility index (Phi) is 3.55. The molecule has 2 N–H and O–H groups in total. The van der Waals surface area contributed by atoms with Crippen molar-refractivity contribution in [1.82, 2.24) is 0 Å². The Balaban J connectivity index is 1.37. The van der Waals surface area contributed by atoms with Gasteiger partial charge in [0.1, 0.15) is 5.60 Å². The molecule has 5 fully saturated rings. The van der Waals surface area contributed by atoms with Crippen LogP contribution >= 0.6 is 0 Å². The number of aliphatic hydroxyl groups excluding tert-OH is 1. The summed E-state index contributed by atoms with van der Waals surface area (Å²) in [5.41, 5.74) is -0.118. The van der Waals surface area contributed by atoms with E-state index in [1.165, 1.54) is 6.07 Å². The highest BCUT2D eigenvalue weighted by molar-refractivity contribution is 5.35. The Morgan fingerprint density at radius 3 is 2.55 bits per heavy atom. The van der Waals surface area contributed by atoms with Crippen LogP contribution in [0.25, 0.3) is 0 Å². The van der Waals surface area contributed by atoms with Gasteiger partial charge in [0.15, 0.2) is 0 Å². The summed E-state index contributed by atoms with van der Waals surface area (Å²) < 4.78 is 11.8. The molecule has 0 bridgehead atoms. The summed E-state index contributed by atoms with van der Waals surface area (Å²) >= 11 is 0. The zero-order valence-corrected chi connectivity index (χ0v) is 17.4. The molecule has 5 nitrogen and oxygen atoms in total. The number of ether oxygens (including phenoxy) is 1. The zero-order valence-electron chi connectivity index (χ0n) is 17.4. The van der Waals surface area contributed by atoms with Crippen LogP contribution in [0.15, 0.2) is 27.6 Å². The van der Waals surface area contributed by atoms with Crippen LogP contribution in [-0.4, -0.2) is 33.6 Å². The fourth-order valence-electron chi connectivity index (χ4n) is 8.73. The maximum absolute atomic E-state index is 11.6. The van der Waals surface area contributed by atoms with Crippen LogP contribution in [0.4, 0.5) is 0 Å². The van der Waals surface area contributed by atoms with Crippen LogP contribution < -0.4 is 5.63 Å². The molecule has 5 aliphatic rings. The predicted octanol–water partition coefficient (Wildman–Crippen LogP) is 3.37. The van der Waals surface area contributed by atoms with E-state index in [1.54, 1.807) is 6.26 Å². The average molecular weight is 401 g/mol. The summed E-state index contributed by atoms with van der Waals surface area (Å²) in [5, 5.41) is 21.8. The van der Waals surface area contributed by atoms with Crippen LogP contribution in [0.3, 0.4) is 0 Å². The number of fused-ring (bicyclic) bond motifs is 3. The summed E-state index contributed by atoms with van der Waals surface area (Å²) in [4.78, 5) is 11.4. The highest BCUT2D eigenvalue weighted by Crippen LogP contribution is 2.78. The Morgan fingerprint density at radius 2 is 1.79 bits per heavy atom. The second-order valence-corrected chi connectivity index (χ2v) is 11.1. The van der Waals surface area contributed by atoms with Crippen molar-refractivity contribution in [2.24, 2.45) is 22.7 Å². The Morgan fingerprint density at radius 1 is 1.03 bits per heavy atom. The van der Waals surface area contributed by atoms with Crippen molar-refractivity contribution >= 4 is 0 Å². The molecule has 1 saturated heterocycles. The van der Waals surface area contributed by atoms with Crippen LogP contribution in [0.1, 0.15) is 76.7 Å². The van der Waals surface area contributed by atoms with Crippen molar-refractivity contribution in [1.29, 1.82) is 0 Å². The minimum atomic E-state index is -0.749. The largest absolute Gasteiger partial charge is 0.431 e. The molecule has 1 aromatic rings. The molecular formula is C24H32O5. The smallest absolute Gasteiger partial charge is 0.335 e. The second-order valence-electron chi connectivity index (χ2n) is 11.1. The van der Waals surface area contributed by atoms with E-state index in [-0.39, 0.29) is 34.3 Å². The number of rotatable bonds is 1. The molecule has 0 radical (unpaired) electrons. The van der Waals surface area contributed by atoms with E-state index >= 15 is 0 Å². The lowest BCUT2D eigenvalue weighted by molar-refractivity contribution is -0.223. The molecule has 29 heavy (non-hydrogen) atoms. The first-order chi connectivity index (χ1) is 13.7. The van der Waals surface area contributed by atoms with Gasteiger partial charge in [0.05, 0.1) is 24.1 Å². The minimum absolute atomic E-state index is 0.0404. The molecular weight excluding hydrogens is 368 g/mol. The predicted molar refractivity (Wildman–Crippen MR) is 106 cm³/mol. The summed E-state index contributed by atoms with van der Waals surface area (Å²) in [6.07, 6.45) is 8.69. The second kappa shape index (κ2) is 5.54. The first kappa shape index (κ1) is 18.6. The van der Waals surface area contributed by atoms with Crippen molar-refractivity contribution in [2.75, 3.05) is 0 Å². The molecule has 2 heterocycles. The minimum Gasteiger partial charge on any atom is -0.431 e. The molecule has 1 spiro atoms. The van der Waals surface area contributed by atoms with E-state index in [4.69, 9.17) is 9.15 Å². The van der Waals surface area contributed by atoms with E-state index in [2.05, 4.69) is 13.8 Å². The number of aliphatic hydroxyl groups is 2. The molecule has 9 atom stereocenters. The van der Waals surface area contributed by atoms with Gasteiger partial charge in [-0.15, -0.1) is 0 Å². The summed E-state index contributed by atoms with van der Waals surface area (Å²) in [6, 6.07) is 3.48. The third kappa shape index (κ3) is 2.10. The van der Waals surface area contributed by atoms with Gasteiger partial charge in [0, 0.05) is 17.9 Å². The molecule has 4 saturated carbocycles. The van der Waals surface area contributed by atoms with E-state index in [0.717, 1.165) is 50.5 Å². The molecule has 5 heteroatoms. The molecule has 0 amide bonds. The van der Waals surface area contributed by atoms with Crippen LogP contribution in [0.5, 0.6) is 0 Å². The van der Waals surface area contributed by atoms with Gasteiger partial charge in [0.25, 0.3) is 0 Å². The third-order valence-corrected chi connectivity index (χ3v) is 10.3. The van der Waals surface area contributed by atoms with E-state index in [1.807, 2.05) is 6.07 Å². The third-order valence-electron chi connectivity index (χ3n) is 10.3. The highest BCUT2D eigenvalue weighted by atomic mass is 16.6. The van der Waals surface area contributed by atoms with Crippen LogP contribution in [0, 0.1) is 22.7 Å². The fourth-order valence-corrected chi connectivity index (χ4v) is 8.73. The number of hydrogen-bond acceptors (Lipinski definition) is 5. The molecule has 0 aromatic carbocycles. The topological polar surface area (TPSA) is 83.2 Å². The lowest BCUT2D eigenvalue weighted by Crippen LogP contribution is -2.65. The van der Waals surface area contributed by atoms with Crippen LogP contribution in [-0.2, 0) is 4.74 Å². The standard InChI is InChI=1S/C24H32O5/c1-21-8-5-15(25)12-23(21,27)10-7-17-16(21)6-9-22(2)18(11-19-24(17,22)29-19)14-3-4-20(26)28-13-14/h3-4,13,15-19,25,27H,5-12H2,1-2H3/t15-,16?,17-,18+,19+,21+,22-,23-,24-/m0/s1. The Bertz CT molecular complexity index is 890. The van der Waals surface area contributed by atoms with Crippen molar-refractivity contribution in [3.05, 3.63) is 34.4 Å².